The zero-order chi connectivity index (χ0) is 21.9. The predicted molar refractivity (Wildman–Crippen MR) is 131 cm³/mol. The second-order valence-electron chi connectivity index (χ2n) is 8.35. The Morgan fingerprint density at radius 3 is 2.78 bits per heavy atom. The first-order chi connectivity index (χ1) is 15.7. The van der Waals surface area contributed by atoms with Crippen LogP contribution in [0.1, 0.15) is 25.7 Å². The number of nitrogens with zero attached hydrogens (tertiary/aromatic N) is 5. The van der Waals surface area contributed by atoms with Gasteiger partial charge < -0.3 is 19.9 Å². The molecule has 0 saturated carbocycles. The summed E-state index contributed by atoms with van der Waals surface area (Å²) in [5, 5.41) is 12.3. The van der Waals surface area contributed by atoms with Crippen LogP contribution in [0.25, 0.3) is 11.0 Å². The average Bonchev–Trinajstić information content (AvgIpc) is 3.46. The number of fused-ring (bicyclic) bond motifs is 1. The molecule has 0 amide bonds. The smallest absolute Gasteiger partial charge is 0.187 e. The van der Waals surface area contributed by atoms with Crippen molar-refractivity contribution in [3.63, 3.8) is 0 Å². The number of hydrogen-bond acceptors (Lipinski definition) is 7. The van der Waals surface area contributed by atoms with E-state index in [-0.39, 0.29) is 6.10 Å². The Bertz CT molecular complexity index is 1060. The van der Waals surface area contributed by atoms with E-state index in [9.17, 15) is 0 Å². The number of ether oxygens (including phenoxy) is 1. The summed E-state index contributed by atoms with van der Waals surface area (Å²) in [5.74, 6) is 1.78. The van der Waals surface area contributed by atoms with Gasteiger partial charge in [0.05, 0.1) is 11.1 Å². The summed E-state index contributed by atoms with van der Waals surface area (Å²) in [6, 6.07) is 5.83. The highest BCUT2D eigenvalue weighted by Crippen LogP contribution is 2.33. The van der Waals surface area contributed by atoms with Gasteiger partial charge in [0.25, 0.3) is 0 Å². The average molecular weight is 521 g/mol. The fourth-order valence-electron chi connectivity index (χ4n) is 4.51. The Balaban J connectivity index is 1.21. The minimum atomic E-state index is 0.150. The normalized spacial score (nSPS) is 17.9. The highest BCUT2D eigenvalue weighted by atomic mass is 79.9. The van der Waals surface area contributed by atoms with E-state index in [0.717, 1.165) is 66.3 Å². The van der Waals surface area contributed by atoms with Crippen molar-refractivity contribution in [2.75, 3.05) is 49.5 Å². The number of likely N-dealkylation sites (tertiary alicyclic amines) is 1. The molecule has 10 heteroatoms. The Morgan fingerprint density at radius 2 is 1.97 bits per heavy atom. The molecule has 32 heavy (non-hydrogen) atoms. The molecular weight excluding hydrogens is 494 g/mol. The number of rotatable bonds is 7. The van der Waals surface area contributed by atoms with Gasteiger partial charge in [0.2, 0.25) is 0 Å². The Morgan fingerprint density at radius 1 is 1.16 bits per heavy atom. The van der Waals surface area contributed by atoms with Crippen LogP contribution in [0, 0.1) is 0 Å². The van der Waals surface area contributed by atoms with Gasteiger partial charge >= 0.3 is 0 Å². The second-order valence-corrected chi connectivity index (χ2v) is 9.58. The molecule has 0 radical (unpaired) electrons. The minimum Gasteiger partial charge on any atom is -0.488 e. The third kappa shape index (κ3) is 4.79. The second kappa shape index (κ2) is 9.80. The summed E-state index contributed by atoms with van der Waals surface area (Å²) >= 11 is 9.79. The van der Waals surface area contributed by atoms with Crippen molar-refractivity contribution in [2.45, 2.75) is 31.8 Å². The molecule has 2 N–H and O–H groups in total. The maximum absolute atomic E-state index is 6.42. The van der Waals surface area contributed by atoms with Crippen molar-refractivity contribution in [1.82, 2.24) is 25.1 Å². The van der Waals surface area contributed by atoms with Crippen LogP contribution in [0.15, 0.2) is 29.1 Å². The Labute approximate surface area is 200 Å². The number of hydrogen-bond donors (Lipinski definition) is 2. The SMILES string of the molecule is Clc1ccc(OC2CCN(c3ncnc4n[nH]c(Br)c34)CC2)c(NCCN2CCCC2)c1. The maximum atomic E-state index is 6.42. The van der Waals surface area contributed by atoms with Crippen LogP contribution < -0.4 is 15.0 Å². The molecule has 5 rings (SSSR count). The van der Waals surface area contributed by atoms with Crippen molar-refractivity contribution in [1.29, 1.82) is 0 Å². The van der Waals surface area contributed by atoms with Gasteiger partial charge in [-0.3, -0.25) is 5.10 Å². The number of nitrogens with one attached hydrogen (secondary N) is 2. The summed E-state index contributed by atoms with van der Waals surface area (Å²) in [4.78, 5) is 13.5. The summed E-state index contributed by atoms with van der Waals surface area (Å²) in [6.07, 6.45) is 6.16. The Hall–Kier alpha value is -2.10. The molecule has 2 fully saturated rings. The van der Waals surface area contributed by atoms with E-state index in [1.165, 1.54) is 25.9 Å². The van der Waals surface area contributed by atoms with E-state index in [1.54, 1.807) is 6.33 Å². The van der Waals surface area contributed by atoms with Crippen LogP contribution in [-0.4, -0.2) is 70.4 Å². The molecule has 4 heterocycles. The van der Waals surface area contributed by atoms with Gasteiger partial charge in [-0.2, -0.15) is 5.10 Å². The van der Waals surface area contributed by atoms with Gasteiger partial charge in [-0.15, -0.1) is 0 Å². The van der Waals surface area contributed by atoms with Gasteiger partial charge in [0.15, 0.2) is 5.65 Å². The molecule has 0 bridgehead atoms. The monoisotopic (exact) mass is 519 g/mol. The van der Waals surface area contributed by atoms with Gasteiger partial charge in [-0.05, 0) is 60.1 Å². The van der Waals surface area contributed by atoms with E-state index < -0.39 is 0 Å². The molecule has 170 valence electrons. The molecule has 0 unspecified atom stereocenters. The quantitative estimate of drug-likeness (QED) is 0.480. The van der Waals surface area contributed by atoms with Crippen LogP contribution in [0.2, 0.25) is 5.02 Å². The van der Waals surface area contributed by atoms with Crippen LogP contribution in [0.4, 0.5) is 11.5 Å². The molecule has 3 aromatic rings. The first kappa shape index (κ1) is 21.7. The lowest BCUT2D eigenvalue weighted by atomic mass is 10.1. The molecule has 2 aliphatic heterocycles. The van der Waals surface area contributed by atoms with Gasteiger partial charge in [0.1, 0.15) is 28.6 Å². The van der Waals surface area contributed by atoms with E-state index in [4.69, 9.17) is 16.3 Å². The number of piperidine rings is 1. The van der Waals surface area contributed by atoms with Crippen molar-refractivity contribution in [3.05, 3.63) is 34.2 Å². The molecule has 0 atom stereocenters. The summed E-state index contributed by atoms with van der Waals surface area (Å²) in [5.41, 5.74) is 1.64. The van der Waals surface area contributed by atoms with Crippen molar-refractivity contribution < 1.29 is 4.74 Å². The van der Waals surface area contributed by atoms with Crippen LogP contribution in [-0.2, 0) is 0 Å². The topological polar surface area (TPSA) is 82.2 Å². The van der Waals surface area contributed by atoms with E-state index in [0.29, 0.717) is 10.7 Å². The summed E-state index contributed by atoms with van der Waals surface area (Å²) in [7, 11) is 0. The highest BCUT2D eigenvalue weighted by Gasteiger charge is 2.25. The lowest BCUT2D eigenvalue weighted by molar-refractivity contribution is 0.171. The van der Waals surface area contributed by atoms with Crippen molar-refractivity contribution in [3.8, 4) is 5.75 Å². The third-order valence-electron chi connectivity index (χ3n) is 6.21. The maximum Gasteiger partial charge on any atom is 0.187 e. The van der Waals surface area contributed by atoms with Crippen molar-refractivity contribution in [2.24, 2.45) is 0 Å². The van der Waals surface area contributed by atoms with Gasteiger partial charge in [0, 0.05) is 44.0 Å². The number of aromatic amines is 1. The fourth-order valence-corrected chi connectivity index (χ4v) is 5.12. The molecule has 8 nitrogen and oxygen atoms in total. The number of anilines is 2. The van der Waals surface area contributed by atoms with Crippen LogP contribution in [0.5, 0.6) is 5.75 Å². The lowest BCUT2D eigenvalue weighted by Gasteiger charge is -2.33. The number of H-pyrrole nitrogens is 1. The highest BCUT2D eigenvalue weighted by molar-refractivity contribution is 9.10. The van der Waals surface area contributed by atoms with E-state index in [2.05, 4.69) is 51.2 Å². The van der Waals surface area contributed by atoms with Crippen LogP contribution >= 0.6 is 27.5 Å². The standard InChI is InChI=1S/C22H27BrClN7O/c23-20-19-21(29-28-20)26-14-27-22(19)31-10-5-16(6-11-31)32-18-4-3-15(24)13-17(18)25-7-12-30-8-1-2-9-30/h3-4,13-14,16,25H,1-2,5-12H2,(H,26,27,28,29). The first-order valence-electron chi connectivity index (χ1n) is 11.2. The zero-order valence-corrected chi connectivity index (χ0v) is 20.2. The fraction of sp³-hybridized carbons (Fsp3) is 0.500. The summed E-state index contributed by atoms with van der Waals surface area (Å²) in [6.45, 7) is 6.06. The van der Waals surface area contributed by atoms with Crippen LogP contribution in [0.3, 0.4) is 0 Å². The molecule has 0 spiro atoms. The number of benzene rings is 1. The molecular formula is C22H27BrClN7O. The predicted octanol–water partition coefficient (Wildman–Crippen LogP) is 4.32. The van der Waals surface area contributed by atoms with Gasteiger partial charge in [-0.1, -0.05) is 11.6 Å². The third-order valence-corrected chi connectivity index (χ3v) is 7.01. The molecule has 1 aromatic carbocycles. The Kier molecular flexibility index (Phi) is 6.66. The zero-order valence-electron chi connectivity index (χ0n) is 17.9. The number of aromatic nitrogens is 4. The van der Waals surface area contributed by atoms with E-state index >= 15 is 0 Å². The largest absolute Gasteiger partial charge is 0.488 e. The van der Waals surface area contributed by atoms with Crippen molar-refractivity contribution >= 4 is 50.1 Å². The first-order valence-corrected chi connectivity index (χ1v) is 12.4. The number of halogens is 2. The molecule has 2 aliphatic rings. The molecule has 0 aliphatic carbocycles. The minimum absolute atomic E-state index is 0.150. The lowest BCUT2D eigenvalue weighted by Crippen LogP contribution is -2.39. The summed E-state index contributed by atoms with van der Waals surface area (Å²) < 4.78 is 7.23. The van der Waals surface area contributed by atoms with E-state index in [1.807, 2.05) is 18.2 Å². The van der Waals surface area contributed by atoms with Gasteiger partial charge in [-0.25, -0.2) is 9.97 Å². The molecule has 2 saturated heterocycles. The molecule has 2 aromatic heterocycles.